The molecule has 2 heterocycles. The molecule has 0 saturated carbocycles. The lowest BCUT2D eigenvalue weighted by atomic mass is 10.5. The zero-order valence-corrected chi connectivity index (χ0v) is 10.2. The van der Waals surface area contributed by atoms with Gasteiger partial charge in [-0.1, -0.05) is 17.7 Å². The van der Waals surface area contributed by atoms with Gasteiger partial charge in [0.15, 0.2) is 0 Å². The van der Waals surface area contributed by atoms with Crippen molar-refractivity contribution in [2.24, 2.45) is 0 Å². The van der Waals surface area contributed by atoms with Crippen molar-refractivity contribution in [1.29, 1.82) is 0 Å². The number of nitrogens with one attached hydrogen (secondary N) is 1. The number of anilines is 1. The van der Waals surface area contributed by atoms with E-state index in [0.29, 0.717) is 23.5 Å². The number of halogens is 1. The Labute approximate surface area is 102 Å². The Morgan fingerprint density at radius 2 is 2.44 bits per heavy atom. The maximum atomic E-state index is 5.92. The Morgan fingerprint density at radius 1 is 1.56 bits per heavy atom. The predicted octanol–water partition coefficient (Wildman–Crippen LogP) is 2.81. The molecule has 4 nitrogen and oxygen atoms in total. The van der Waals surface area contributed by atoms with E-state index in [1.807, 2.05) is 17.5 Å². The first-order valence-corrected chi connectivity index (χ1v) is 5.91. The van der Waals surface area contributed by atoms with Crippen molar-refractivity contribution >= 4 is 28.9 Å². The van der Waals surface area contributed by atoms with Gasteiger partial charge in [-0.25, -0.2) is 4.98 Å². The van der Waals surface area contributed by atoms with Gasteiger partial charge in [0, 0.05) is 11.9 Å². The van der Waals surface area contributed by atoms with Crippen molar-refractivity contribution < 1.29 is 4.74 Å². The number of aromatic nitrogens is 2. The van der Waals surface area contributed by atoms with E-state index in [9.17, 15) is 0 Å². The van der Waals surface area contributed by atoms with Crippen LogP contribution in [0.2, 0.25) is 5.02 Å². The van der Waals surface area contributed by atoms with Crippen molar-refractivity contribution in [1.82, 2.24) is 9.97 Å². The van der Waals surface area contributed by atoms with Gasteiger partial charge in [0.25, 0.3) is 0 Å². The Morgan fingerprint density at radius 3 is 3.12 bits per heavy atom. The van der Waals surface area contributed by atoms with Crippen LogP contribution in [0.5, 0.6) is 5.88 Å². The second-order valence-corrected chi connectivity index (χ2v) is 4.40. The molecule has 2 aromatic heterocycles. The van der Waals surface area contributed by atoms with Crippen LogP contribution in [0.3, 0.4) is 0 Å². The molecular weight excluding hydrogens is 246 g/mol. The standard InChI is InChI=1S/C10H10ClN3OS/c1-12-10-13-5-8(11)9(14-10)15-6-7-3-2-4-16-7/h2-5H,6H2,1H3,(H,12,13,14). The van der Waals surface area contributed by atoms with E-state index >= 15 is 0 Å². The highest BCUT2D eigenvalue weighted by Gasteiger charge is 2.06. The number of nitrogens with zero attached hydrogens (tertiary/aromatic N) is 2. The predicted molar refractivity (Wildman–Crippen MR) is 65.2 cm³/mol. The number of hydrogen-bond donors (Lipinski definition) is 1. The lowest BCUT2D eigenvalue weighted by Gasteiger charge is -2.06. The summed E-state index contributed by atoms with van der Waals surface area (Å²) in [6.45, 7) is 0.470. The molecule has 84 valence electrons. The van der Waals surface area contributed by atoms with Gasteiger partial charge in [0.1, 0.15) is 11.6 Å². The van der Waals surface area contributed by atoms with Gasteiger partial charge in [-0.3, -0.25) is 0 Å². The van der Waals surface area contributed by atoms with Crippen LogP contribution in [0.1, 0.15) is 4.88 Å². The van der Waals surface area contributed by atoms with E-state index in [-0.39, 0.29) is 0 Å². The molecule has 2 aromatic rings. The first kappa shape index (κ1) is 11.2. The normalized spacial score (nSPS) is 10.1. The van der Waals surface area contributed by atoms with Gasteiger partial charge < -0.3 is 10.1 Å². The van der Waals surface area contributed by atoms with E-state index in [4.69, 9.17) is 16.3 Å². The molecule has 2 rings (SSSR count). The monoisotopic (exact) mass is 255 g/mol. The fraction of sp³-hybridized carbons (Fsp3) is 0.200. The molecule has 0 aromatic carbocycles. The summed E-state index contributed by atoms with van der Waals surface area (Å²) in [4.78, 5) is 9.21. The van der Waals surface area contributed by atoms with Crippen LogP contribution in [-0.4, -0.2) is 17.0 Å². The molecule has 0 amide bonds. The van der Waals surface area contributed by atoms with Crippen molar-refractivity contribution in [3.63, 3.8) is 0 Å². The van der Waals surface area contributed by atoms with Crippen LogP contribution in [0, 0.1) is 0 Å². The number of ether oxygens (including phenoxy) is 1. The SMILES string of the molecule is CNc1ncc(Cl)c(OCc2cccs2)n1. The summed E-state index contributed by atoms with van der Waals surface area (Å²) in [5, 5.41) is 5.24. The highest BCUT2D eigenvalue weighted by atomic mass is 35.5. The van der Waals surface area contributed by atoms with Crippen molar-refractivity contribution in [3.8, 4) is 5.88 Å². The van der Waals surface area contributed by atoms with E-state index in [2.05, 4.69) is 15.3 Å². The highest BCUT2D eigenvalue weighted by molar-refractivity contribution is 7.09. The molecule has 0 aliphatic rings. The van der Waals surface area contributed by atoms with Crippen LogP contribution in [0.25, 0.3) is 0 Å². The summed E-state index contributed by atoms with van der Waals surface area (Å²) in [6, 6.07) is 3.97. The Bertz CT molecular complexity index is 461. The summed E-state index contributed by atoms with van der Waals surface area (Å²) in [5.74, 6) is 0.889. The first-order chi connectivity index (χ1) is 7.79. The molecule has 0 atom stereocenters. The highest BCUT2D eigenvalue weighted by Crippen LogP contribution is 2.23. The van der Waals surface area contributed by atoms with E-state index < -0.39 is 0 Å². The van der Waals surface area contributed by atoms with Crippen LogP contribution >= 0.6 is 22.9 Å². The maximum Gasteiger partial charge on any atom is 0.237 e. The lowest BCUT2D eigenvalue weighted by Crippen LogP contribution is -2.01. The molecule has 0 aliphatic heterocycles. The summed E-state index contributed by atoms with van der Waals surface area (Å²) in [5.41, 5.74) is 0. The van der Waals surface area contributed by atoms with Crippen LogP contribution in [0.4, 0.5) is 5.95 Å². The lowest BCUT2D eigenvalue weighted by molar-refractivity contribution is 0.297. The Hall–Kier alpha value is -1.33. The summed E-state index contributed by atoms with van der Waals surface area (Å²) in [7, 11) is 1.74. The zero-order valence-electron chi connectivity index (χ0n) is 8.61. The van der Waals surface area contributed by atoms with Crippen LogP contribution in [0.15, 0.2) is 23.7 Å². The molecule has 0 radical (unpaired) electrons. The van der Waals surface area contributed by atoms with Crippen molar-refractivity contribution in [2.45, 2.75) is 6.61 Å². The minimum absolute atomic E-state index is 0.398. The van der Waals surface area contributed by atoms with Gasteiger partial charge in [-0.2, -0.15) is 4.98 Å². The van der Waals surface area contributed by atoms with E-state index in [1.54, 1.807) is 18.4 Å². The number of hydrogen-bond acceptors (Lipinski definition) is 5. The maximum absolute atomic E-state index is 5.92. The van der Waals surface area contributed by atoms with Crippen LogP contribution < -0.4 is 10.1 Å². The molecule has 16 heavy (non-hydrogen) atoms. The average Bonchev–Trinajstić information content (AvgIpc) is 2.81. The summed E-state index contributed by atoms with van der Waals surface area (Å²) >= 11 is 7.55. The first-order valence-electron chi connectivity index (χ1n) is 4.65. The van der Waals surface area contributed by atoms with Gasteiger partial charge in [-0.15, -0.1) is 11.3 Å². The van der Waals surface area contributed by atoms with Gasteiger partial charge in [0.05, 0.1) is 6.20 Å². The third kappa shape index (κ3) is 2.62. The fourth-order valence-corrected chi connectivity index (χ4v) is 1.87. The molecule has 0 spiro atoms. The van der Waals surface area contributed by atoms with Gasteiger partial charge >= 0.3 is 0 Å². The molecular formula is C10H10ClN3OS. The smallest absolute Gasteiger partial charge is 0.237 e. The van der Waals surface area contributed by atoms with Crippen molar-refractivity contribution in [2.75, 3.05) is 12.4 Å². The molecule has 1 N–H and O–H groups in total. The molecule has 0 saturated heterocycles. The second-order valence-electron chi connectivity index (χ2n) is 2.96. The topological polar surface area (TPSA) is 47.0 Å². The summed E-state index contributed by atoms with van der Waals surface area (Å²) in [6.07, 6.45) is 1.52. The molecule has 0 aliphatic carbocycles. The Balaban J connectivity index is 2.08. The van der Waals surface area contributed by atoms with Gasteiger partial charge in [0.2, 0.25) is 11.8 Å². The fourth-order valence-electron chi connectivity index (χ4n) is 1.11. The van der Waals surface area contributed by atoms with Gasteiger partial charge in [-0.05, 0) is 11.4 Å². The minimum Gasteiger partial charge on any atom is -0.471 e. The molecule has 0 bridgehead atoms. The summed E-state index contributed by atoms with van der Waals surface area (Å²) < 4.78 is 5.51. The minimum atomic E-state index is 0.398. The largest absolute Gasteiger partial charge is 0.471 e. The van der Waals surface area contributed by atoms with Crippen LogP contribution in [-0.2, 0) is 6.61 Å². The van der Waals surface area contributed by atoms with Crippen molar-refractivity contribution in [3.05, 3.63) is 33.6 Å². The van der Waals surface area contributed by atoms with E-state index in [1.165, 1.54) is 6.20 Å². The molecule has 0 fully saturated rings. The molecule has 6 heteroatoms. The quantitative estimate of drug-likeness (QED) is 0.913. The third-order valence-electron chi connectivity index (χ3n) is 1.87. The Kier molecular flexibility index (Phi) is 3.58. The zero-order chi connectivity index (χ0) is 11.4. The second kappa shape index (κ2) is 5.14. The average molecular weight is 256 g/mol. The van der Waals surface area contributed by atoms with E-state index in [0.717, 1.165) is 4.88 Å². The number of rotatable bonds is 4. The third-order valence-corrected chi connectivity index (χ3v) is 2.98. The molecule has 0 unspecified atom stereocenters. The number of thiophene rings is 1.